The van der Waals surface area contributed by atoms with Crippen LogP contribution in [0.15, 0.2) is 66.9 Å². The molecule has 0 atom stereocenters. The summed E-state index contributed by atoms with van der Waals surface area (Å²) in [6, 6.07) is 17.0. The Morgan fingerprint density at radius 1 is 1.13 bits per heavy atom. The van der Waals surface area contributed by atoms with E-state index >= 15 is 0 Å². The molecule has 2 aromatic heterocycles. The second-order valence-corrected chi connectivity index (χ2v) is 8.02. The maximum atomic E-state index is 13.6. The van der Waals surface area contributed by atoms with E-state index in [-0.39, 0.29) is 24.4 Å². The summed E-state index contributed by atoms with van der Waals surface area (Å²) < 4.78 is 20.0. The summed E-state index contributed by atoms with van der Waals surface area (Å²) in [6.45, 7) is 4.15. The number of carbonyl (C=O) groups excluding carboxylic acids is 1. The van der Waals surface area contributed by atoms with Gasteiger partial charge in [-0.1, -0.05) is 17.4 Å². The Labute approximate surface area is 177 Å². The van der Waals surface area contributed by atoms with Crippen LogP contribution < -0.4 is 9.64 Å². The molecule has 0 N–H and O–H groups in total. The number of carbonyl (C=O) groups is 1. The van der Waals surface area contributed by atoms with Crippen LogP contribution >= 0.6 is 11.3 Å². The molecule has 0 aliphatic carbocycles. The van der Waals surface area contributed by atoms with Crippen molar-refractivity contribution in [3.8, 4) is 5.75 Å². The molecule has 4 aromatic rings. The van der Waals surface area contributed by atoms with Gasteiger partial charge in [-0.25, -0.2) is 9.37 Å². The maximum Gasteiger partial charge on any atom is 0.260 e. The van der Waals surface area contributed by atoms with E-state index in [2.05, 4.69) is 9.97 Å². The number of aromatic nitrogens is 2. The molecule has 152 valence electrons. The van der Waals surface area contributed by atoms with Crippen LogP contribution in [-0.4, -0.2) is 22.0 Å². The van der Waals surface area contributed by atoms with Crippen molar-refractivity contribution in [2.75, 3.05) is 4.90 Å². The van der Waals surface area contributed by atoms with E-state index in [1.165, 1.54) is 23.5 Å². The first-order valence-corrected chi connectivity index (χ1v) is 10.4. The molecule has 30 heavy (non-hydrogen) atoms. The fourth-order valence-corrected chi connectivity index (χ4v) is 3.97. The summed E-state index contributed by atoms with van der Waals surface area (Å²) >= 11 is 1.27. The predicted octanol–water partition coefficient (Wildman–Crippen LogP) is 5.46. The van der Waals surface area contributed by atoms with Gasteiger partial charge in [0, 0.05) is 11.8 Å². The number of pyridine rings is 1. The fourth-order valence-electron chi connectivity index (χ4n) is 2.99. The van der Waals surface area contributed by atoms with E-state index in [4.69, 9.17) is 4.74 Å². The van der Waals surface area contributed by atoms with Crippen LogP contribution in [-0.2, 0) is 6.54 Å². The van der Waals surface area contributed by atoms with Crippen LogP contribution in [0.25, 0.3) is 10.2 Å². The van der Waals surface area contributed by atoms with Gasteiger partial charge in [0.05, 0.1) is 28.6 Å². The Morgan fingerprint density at radius 2 is 1.93 bits per heavy atom. The third-order valence-electron chi connectivity index (χ3n) is 4.33. The molecular weight excluding hydrogens is 401 g/mol. The van der Waals surface area contributed by atoms with E-state index in [1.807, 2.05) is 32.0 Å². The van der Waals surface area contributed by atoms with Crippen molar-refractivity contribution < 1.29 is 13.9 Å². The van der Waals surface area contributed by atoms with E-state index in [9.17, 15) is 9.18 Å². The quantitative estimate of drug-likeness (QED) is 0.415. The van der Waals surface area contributed by atoms with E-state index in [1.54, 1.807) is 41.4 Å². The lowest BCUT2D eigenvalue weighted by Gasteiger charge is -2.20. The zero-order chi connectivity index (χ0) is 21.1. The third kappa shape index (κ3) is 4.46. The van der Waals surface area contributed by atoms with Gasteiger partial charge in [0.25, 0.3) is 5.91 Å². The molecule has 2 heterocycles. The number of rotatable bonds is 6. The molecular formula is C23H20FN3O2S. The van der Waals surface area contributed by atoms with Gasteiger partial charge in [0.2, 0.25) is 0 Å². The summed E-state index contributed by atoms with van der Waals surface area (Å²) in [5.41, 5.74) is 1.89. The lowest BCUT2D eigenvalue weighted by atomic mass is 10.2. The molecule has 2 aromatic carbocycles. The number of hydrogen-bond donors (Lipinski definition) is 0. The first kappa shape index (κ1) is 20.0. The van der Waals surface area contributed by atoms with Gasteiger partial charge in [-0.3, -0.25) is 14.7 Å². The van der Waals surface area contributed by atoms with Crippen molar-refractivity contribution in [1.82, 2.24) is 9.97 Å². The molecule has 0 radical (unpaired) electrons. The standard InChI is InChI=1S/C23H20FN3O2S/c1-15(2)29-19-9-6-16(7-10-19)22(28)27(14-18-5-3-4-12-25-18)23-26-20-11-8-17(24)13-21(20)30-23/h3-13,15H,14H2,1-2H3. The molecule has 0 saturated carbocycles. The Morgan fingerprint density at radius 3 is 2.63 bits per heavy atom. The lowest BCUT2D eigenvalue weighted by Crippen LogP contribution is -2.30. The fraction of sp³-hybridized carbons (Fsp3) is 0.174. The summed E-state index contributed by atoms with van der Waals surface area (Å²) in [4.78, 5) is 23.8. The van der Waals surface area contributed by atoms with Crippen LogP contribution in [0.5, 0.6) is 5.75 Å². The number of halogens is 1. The van der Waals surface area contributed by atoms with Crippen molar-refractivity contribution in [2.45, 2.75) is 26.5 Å². The topological polar surface area (TPSA) is 55.3 Å². The van der Waals surface area contributed by atoms with Gasteiger partial charge in [-0.2, -0.15) is 0 Å². The molecule has 0 aliphatic rings. The number of thiazole rings is 1. The number of ether oxygens (including phenoxy) is 1. The van der Waals surface area contributed by atoms with Gasteiger partial charge in [-0.05, 0) is 68.4 Å². The Hall–Kier alpha value is -3.32. The largest absolute Gasteiger partial charge is 0.491 e. The van der Waals surface area contributed by atoms with Gasteiger partial charge in [0.1, 0.15) is 11.6 Å². The summed E-state index contributed by atoms with van der Waals surface area (Å²) in [5, 5.41) is 0.494. The Kier molecular flexibility index (Phi) is 5.72. The molecule has 0 unspecified atom stereocenters. The summed E-state index contributed by atoms with van der Waals surface area (Å²) in [6.07, 6.45) is 1.74. The number of nitrogens with zero attached hydrogens (tertiary/aromatic N) is 3. The smallest absolute Gasteiger partial charge is 0.260 e. The van der Waals surface area contributed by atoms with Crippen LogP contribution in [0.4, 0.5) is 9.52 Å². The average Bonchev–Trinajstić information content (AvgIpc) is 3.15. The maximum absolute atomic E-state index is 13.6. The summed E-state index contributed by atoms with van der Waals surface area (Å²) in [5.74, 6) is 0.158. The number of anilines is 1. The van der Waals surface area contributed by atoms with Gasteiger partial charge in [-0.15, -0.1) is 0 Å². The number of benzene rings is 2. The van der Waals surface area contributed by atoms with E-state index < -0.39 is 0 Å². The Bertz CT molecular complexity index is 1160. The lowest BCUT2D eigenvalue weighted by molar-refractivity contribution is 0.0984. The second kappa shape index (κ2) is 8.59. The minimum absolute atomic E-state index is 0.0512. The SMILES string of the molecule is CC(C)Oc1ccc(C(=O)N(Cc2ccccn2)c2nc3ccc(F)cc3s2)cc1. The van der Waals surface area contributed by atoms with Crippen molar-refractivity contribution in [3.63, 3.8) is 0 Å². The van der Waals surface area contributed by atoms with Gasteiger partial charge < -0.3 is 4.74 Å². The normalized spacial score (nSPS) is 11.1. The van der Waals surface area contributed by atoms with Crippen molar-refractivity contribution in [2.24, 2.45) is 0 Å². The highest BCUT2D eigenvalue weighted by Gasteiger charge is 2.22. The zero-order valence-corrected chi connectivity index (χ0v) is 17.4. The molecule has 0 fully saturated rings. The Balaban J connectivity index is 1.69. The molecule has 0 saturated heterocycles. The van der Waals surface area contributed by atoms with Crippen molar-refractivity contribution in [3.05, 3.63) is 83.9 Å². The second-order valence-electron chi connectivity index (χ2n) is 7.01. The highest BCUT2D eigenvalue weighted by Crippen LogP contribution is 2.31. The first-order valence-electron chi connectivity index (χ1n) is 9.54. The monoisotopic (exact) mass is 421 g/mol. The molecule has 7 heteroatoms. The highest BCUT2D eigenvalue weighted by atomic mass is 32.1. The number of amides is 1. The molecule has 0 bridgehead atoms. The number of fused-ring (bicyclic) bond motifs is 1. The first-order chi connectivity index (χ1) is 14.5. The molecule has 4 rings (SSSR count). The average molecular weight is 421 g/mol. The number of hydrogen-bond acceptors (Lipinski definition) is 5. The minimum Gasteiger partial charge on any atom is -0.491 e. The van der Waals surface area contributed by atoms with Crippen molar-refractivity contribution >= 4 is 32.6 Å². The minimum atomic E-state index is -0.332. The van der Waals surface area contributed by atoms with E-state index in [0.29, 0.717) is 26.7 Å². The van der Waals surface area contributed by atoms with Gasteiger partial charge in [0.15, 0.2) is 5.13 Å². The summed E-state index contributed by atoms with van der Waals surface area (Å²) in [7, 11) is 0. The predicted molar refractivity (Wildman–Crippen MR) is 117 cm³/mol. The third-order valence-corrected chi connectivity index (χ3v) is 5.38. The zero-order valence-electron chi connectivity index (χ0n) is 16.6. The van der Waals surface area contributed by atoms with Crippen LogP contribution in [0, 0.1) is 5.82 Å². The molecule has 0 aliphatic heterocycles. The van der Waals surface area contributed by atoms with Crippen LogP contribution in [0.3, 0.4) is 0 Å². The van der Waals surface area contributed by atoms with Crippen molar-refractivity contribution in [1.29, 1.82) is 0 Å². The molecule has 0 spiro atoms. The highest BCUT2D eigenvalue weighted by molar-refractivity contribution is 7.22. The van der Waals surface area contributed by atoms with Gasteiger partial charge >= 0.3 is 0 Å². The molecule has 5 nitrogen and oxygen atoms in total. The van der Waals surface area contributed by atoms with E-state index in [0.717, 1.165) is 5.69 Å². The molecule has 1 amide bonds. The van der Waals surface area contributed by atoms with Crippen LogP contribution in [0.2, 0.25) is 0 Å². The van der Waals surface area contributed by atoms with Crippen LogP contribution in [0.1, 0.15) is 29.9 Å².